The van der Waals surface area contributed by atoms with Crippen LogP contribution < -0.4 is 4.74 Å². The molecule has 3 aromatic rings. The first-order valence-electron chi connectivity index (χ1n) is 9.03. The largest absolute Gasteiger partial charge is 0.489 e. The van der Waals surface area contributed by atoms with Crippen LogP contribution in [-0.4, -0.2) is 47.1 Å². The molecule has 0 aliphatic carbocycles. The normalized spacial score (nSPS) is 16.6. The molecule has 0 spiro atoms. The Kier molecular flexibility index (Phi) is 5.28. The van der Waals surface area contributed by atoms with Gasteiger partial charge < -0.3 is 9.15 Å². The van der Waals surface area contributed by atoms with E-state index >= 15 is 0 Å². The Balaban J connectivity index is 1.43. The van der Waals surface area contributed by atoms with Gasteiger partial charge in [-0.05, 0) is 43.2 Å². The number of aromatic amines is 1. The van der Waals surface area contributed by atoms with Gasteiger partial charge in [-0.1, -0.05) is 0 Å². The molecule has 3 aromatic heterocycles. The number of ether oxygens (including phenoxy) is 1. The Morgan fingerprint density at radius 2 is 1.97 bits per heavy atom. The fourth-order valence-corrected chi connectivity index (χ4v) is 4.50. The number of sulfonamides is 1. The highest BCUT2D eigenvalue weighted by atomic mass is 32.2. The predicted molar refractivity (Wildman–Crippen MR) is 97.9 cm³/mol. The number of alkyl halides is 3. The molecule has 4 rings (SSSR count). The summed E-state index contributed by atoms with van der Waals surface area (Å²) in [5.74, 6) is 0.543. The van der Waals surface area contributed by atoms with E-state index in [1.54, 1.807) is 24.5 Å². The molecule has 0 bridgehead atoms. The van der Waals surface area contributed by atoms with E-state index < -0.39 is 21.9 Å². The lowest BCUT2D eigenvalue weighted by Gasteiger charge is -2.30. The summed E-state index contributed by atoms with van der Waals surface area (Å²) in [5, 5.41) is 5.06. The third kappa shape index (κ3) is 4.19. The van der Waals surface area contributed by atoms with Gasteiger partial charge in [-0.15, -0.1) is 0 Å². The van der Waals surface area contributed by atoms with Crippen LogP contribution >= 0.6 is 0 Å². The summed E-state index contributed by atoms with van der Waals surface area (Å²) in [6.45, 7) is 0.452. The second kappa shape index (κ2) is 7.76. The molecule has 1 aliphatic rings. The van der Waals surface area contributed by atoms with Gasteiger partial charge in [0.1, 0.15) is 23.2 Å². The van der Waals surface area contributed by atoms with E-state index in [4.69, 9.17) is 9.15 Å². The Morgan fingerprint density at radius 3 is 2.60 bits per heavy atom. The number of H-pyrrole nitrogens is 1. The molecule has 1 N–H and O–H groups in total. The number of hydrogen-bond donors (Lipinski definition) is 1. The average Bonchev–Trinajstić information content (AvgIpc) is 3.39. The summed E-state index contributed by atoms with van der Waals surface area (Å²) >= 11 is 0. The molecule has 0 unspecified atom stereocenters. The minimum atomic E-state index is -4.59. The number of rotatable bonds is 5. The molecule has 160 valence electrons. The third-order valence-electron chi connectivity index (χ3n) is 4.65. The Hall–Kier alpha value is -2.86. The van der Waals surface area contributed by atoms with E-state index in [2.05, 4.69) is 10.1 Å². The summed E-state index contributed by atoms with van der Waals surface area (Å²) < 4.78 is 76.2. The zero-order chi connectivity index (χ0) is 21.4. The monoisotopic (exact) mass is 442 g/mol. The Bertz CT molecular complexity index is 1100. The van der Waals surface area contributed by atoms with Crippen LogP contribution in [0.2, 0.25) is 0 Å². The molecular weight excluding hydrogens is 425 g/mol. The number of nitrogens with one attached hydrogen (secondary N) is 1. The topological polar surface area (TPSA) is 101 Å². The van der Waals surface area contributed by atoms with Gasteiger partial charge in [0.2, 0.25) is 5.09 Å². The van der Waals surface area contributed by atoms with Crippen molar-refractivity contribution < 1.29 is 30.7 Å². The second-order valence-electron chi connectivity index (χ2n) is 6.69. The number of piperidine rings is 1. The van der Waals surface area contributed by atoms with Gasteiger partial charge >= 0.3 is 6.18 Å². The van der Waals surface area contributed by atoms with E-state index in [9.17, 15) is 21.6 Å². The van der Waals surface area contributed by atoms with Crippen molar-refractivity contribution >= 4 is 10.0 Å². The summed E-state index contributed by atoms with van der Waals surface area (Å²) in [6, 6.07) is 6.78. The number of aromatic nitrogens is 3. The highest BCUT2D eigenvalue weighted by Crippen LogP contribution is 2.32. The molecule has 8 nitrogen and oxygen atoms in total. The molecule has 1 saturated heterocycles. The zero-order valence-electron chi connectivity index (χ0n) is 15.5. The van der Waals surface area contributed by atoms with Crippen LogP contribution in [0.4, 0.5) is 13.2 Å². The summed E-state index contributed by atoms with van der Waals surface area (Å²) in [6.07, 6.45) is -0.544. The van der Waals surface area contributed by atoms with Gasteiger partial charge in [0.15, 0.2) is 5.76 Å². The Morgan fingerprint density at radius 1 is 1.20 bits per heavy atom. The van der Waals surface area contributed by atoms with E-state index in [1.807, 2.05) is 5.10 Å². The molecule has 0 aromatic carbocycles. The number of pyridine rings is 1. The SMILES string of the molecule is O=S(=O)(c1ccc(-c2cc(C(F)(F)F)[nH]n2)o1)N1CCC(Oc2cccnc2)CC1. The molecule has 0 amide bonds. The van der Waals surface area contributed by atoms with Crippen LogP contribution in [0.15, 0.2) is 52.2 Å². The summed E-state index contributed by atoms with van der Waals surface area (Å²) in [7, 11) is -3.93. The van der Waals surface area contributed by atoms with Crippen LogP contribution in [0.1, 0.15) is 18.5 Å². The predicted octanol–water partition coefficient (Wildman–Crippen LogP) is 3.32. The Labute approximate surface area is 169 Å². The van der Waals surface area contributed by atoms with Gasteiger partial charge in [0, 0.05) is 19.3 Å². The average molecular weight is 442 g/mol. The maximum atomic E-state index is 12.8. The lowest BCUT2D eigenvalue weighted by atomic mass is 10.1. The van der Waals surface area contributed by atoms with Gasteiger partial charge in [-0.2, -0.15) is 22.6 Å². The van der Waals surface area contributed by atoms with Crippen LogP contribution in [0.5, 0.6) is 5.75 Å². The lowest BCUT2D eigenvalue weighted by molar-refractivity contribution is -0.141. The molecule has 0 atom stereocenters. The van der Waals surface area contributed by atoms with Crippen molar-refractivity contribution in [2.45, 2.75) is 30.2 Å². The first-order chi connectivity index (χ1) is 14.2. The third-order valence-corrected chi connectivity index (χ3v) is 6.42. The van der Waals surface area contributed by atoms with Crippen LogP contribution in [-0.2, 0) is 16.2 Å². The number of furan rings is 1. The van der Waals surface area contributed by atoms with Gasteiger partial charge in [0.05, 0.1) is 6.20 Å². The molecule has 1 fully saturated rings. The van der Waals surface area contributed by atoms with Crippen molar-refractivity contribution in [1.82, 2.24) is 19.5 Å². The first kappa shape index (κ1) is 20.4. The van der Waals surface area contributed by atoms with E-state index in [-0.39, 0.29) is 35.7 Å². The number of hydrogen-bond acceptors (Lipinski definition) is 6. The van der Waals surface area contributed by atoms with Gasteiger partial charge in [-0.3, -0.25) is 10.1 Å². The standard InChI is InChI=1S/C18H17F3N4O4S/c19-18(20,21)16-10-14(23-24-16)15-3-4-17(29-15)30(26,27)25-8-5-12(6-9-25)28-13-2-1-7-22-11-13/h1-4,7,10-12H,5-6,8-9H2,(H,23,24). The number of nitrogens with zero attached hydrogens (tertiary/aromatic N) is 3. The zero-order valence-corrected chi connectivity index (χ0v) is 16.3. The fourth-order valence-electron chi connectivity index (χ4n) is 3.12. The first-order valence-corrected chi connectivity index (χ1v) is 10.5. The highest BCUT2D eigenvalue weighted by molar-refractivity contribution is 7.89. The molecular formula is C18H17F3N4O4S. The second-order valence-corrected chi connectivity index (χ2v) is 8.56. The molecule has 12 heteroatoms. The fraction of sp³-hybridized carbons (Fsp3) is 0.333. The van der Waals surface area contributed by atoms with Crippen LogP contribution in [0, 0.1) is 0 Å². The highest BCUT2D eigenvalue weighted by Gasteiger charge is 2.35. The minimum Gasteiger partial charge on any atom is -0.489 e. The smallest absolute Gasteiger partial charge is 0.432 e. The maximum absolute atomic E-state index is 12.8. The number of halogens is 3. The van der Waals surface area contributed by atoms with Crippen LogP contribution in [0.25, 0.3) is 11.5 Å². The molecule has 30 heavy (non-hydrogen) atoms. The van der Waals surface area contributed by atoms with E-state index in [0.717, 1.165) is 6.07 Å². The minimum absolute atomic E-state index is 0.0740. The summed E-state index contributed by atoms with van der Waals surface area (Å²) in [4.78, 5) is 3.97. The summed E-state index contributed by atoms with van der Waals surface area (Å²) in [5.41, 5.74) is -1.18. The van der Waals surface area contributed by atoms with Crippen molar-refractivity contribution in [1.29, 1.82) is 0 Å². The lowest BCUT2D eigenvalue weighted by Crippen LogP contribution is -2.41. The van der Waals surface area contributed by atoms with Crippen molar-refractivity contribution in [3.8, 4) is 17.2 Å². The van der Waals surface area contributed by atoms with Crippen molar-refractivity contribution in [2.75, 3.05) is 13.1 Å². The van der Waals surface area contributed by atoms with Crippen molar-refractivity contribution in [3.05, 3.63) is 48.4 Å². The van der Waals surface area contributed by atoms with Crippen molar-refractivity contribution in [3.63, 3.8) is 0 Å². The van der Waals surface area contributed by atoms with Crippen molar-refractivity contribution in [2.24, 2.45) is 0 Å². The van der Waals surface area contributed by atoms with E-state index in [1.165, 1.54) is 16.4 Å². The molecule has 0 saturated carbocycles. The van der Waals surface area contributed by atoms with E-state index in [0.29, 0.717) is 18.6 Å². The molecule has 4 heterocycles. The quantitative estimate of drug-likeness (QED) is 0.651. The molecule has 1 aliphatic heterocycles. The molecule has 0 radical (unpaired) electrons. The van der Waals surface area contributed by atoms with Gasteiger partial charge in [-0.25, -0.2) is 8.42 Å². The maximum Gasteiger partial charge on any atom is 0.432 e. The van der Waals surface area contributed by atoms with Gasteiger partial charge in [0.25, 0.3) is 10.0 Å². The van der Waals surface area contributed by atoms with Crippen LogP contribution in [0.3, 0.4) is 0 Å².